The smallest absolute Gasteiger partial charge is 0.399 e. The molecular formula is C28H35F5O. The molecule has 0 aromatic heterocycles. The van der Waals surface area contributed by atoms with E-state index in [0.717, 1.165) is 42.7 Å². The topological polar surface area (TPSA) is 9.23 Å². The molecule has 0 atom stereocenters. The standard InChI is InChI=1S/C28H35F5O/c1-2-5-20-8-12-22(13-9-20)16-17-23-14-10-21(11-15-23)6-3-4-7-24-18-25(29)27(26(30)19-24)34-28(31,32)33/h3,6,18-23H,2,5,8-17H2,1H3/t20-,21-,22-,23-. The first-order chi connectivity index (χ1) is 16.2. The highest BCUT2D eigenvalue weighted by atomic mass is 19.4. The third-order valence-electron chi connectivity index (χ3n) is 7.42. The molecule has 1 aromatic rings. The van der Waals surface area contributed by atoms with Crippen LogP contribution in [-0.4, -0.2) is 6.36 Å². The van der Waals surface area contributed by atoms with Crippen LogP contribution in [0, 0.1) is 47.1 Å². The summed E-state index contributed by atoms with van der Waals surface area (Å²) in [7, 11) is 0. The molecule has 0 N–H and O–H groups in total. The monoisotopic (exact) mass is 482 g/mol. The maximum absolute atomic E-state index is 13.8. The zero-order chi connectivity index (χ0) is 24.6. The number of ether oxygens (including phenoxy) is 1. The fourth-order valence-electron chi connectivity index (χ4n) is 5.51. The largest absolute Gasteiger partial charge is 0.573 e. The molecule has 6 heteroatoms. The van der Waals surface area contributed by atoms with Gasteiger partial charge in [-0.25, -0.2) is 8.78 Å². The van der Waals surface area contributed by atoms with Crippen molar-refractivity contribution in [2.45, 2.75) is 90.3 Å². The van der Waals surface area contributed by atoms with Crippen molar-refractivity contribution in [2.24, 2.45) is 23.7 Å². The van der Waals surface area contributed by atoms with Crippen LogP contribution in [0.3, 0.4) is 0 Å². The maximum atomic E-state index is 13.8. The summed E-state index contributed by atoms with van der Waals surface area (Å²) in [4.78, 5) is 0. The minimum Gasteiger partial charge on any atom is -0.399 e. The van der Waals surface area contributed by atoms with Gasteiger partial charge in [0.1, 0.15) is 0 Å². The van der Waals surface area contributed by atoms with Crippen LogP contribution in [0.2, 0.25) is 0 Å². The fourth-order valence-corrected chi connectivity index (χ4v) is 5.51. The lowest BCUT2D eigenvalue weighted by Crippen LogP contribution is -2.19. The number of hydrogen-bond donors (Lipinski definition) is 0. The first-order valence-electron chi connectivity index (χ1n) is 12.7. The van der Waals surface area contributed by atoms with Gasteiger partial charge in [0.2, 0.25) is 5.75 Å². The van der Waals surface area contributed by atoms with Crippen molar-refractivity contribution < 1.29 is 26.7 Å². The zero-order valence-corrected chi connectivity index (χ0v) is 19.9. The second kappa shape index (κ2) is 12.6. The molecular weight excluding hydrogens is 447 g/mol. The van der Waals surface area contributed by atoms with Crippen LogP contribution in [0.25, 0.3) is 0 Å². The Kier molecular flexibility index (Phi) is 9.85. The summed E-state index contributed by atoms with van der Waals surface area (Å²) in [6.07, 6.45) is 14.3. The van der Waals surface area contributed by atoms with Gasteiger partial charge in [0, 0.05) is 5.56 Å². The quantitative estimate of drug-likeness (QED) is 0.278. The Morgan fingerprint density at radius 2 is 1.35 bits per heavy atom. The van der Waals surface area contributed by atoms with Crippen LogP contribution in [0.15, 0.2) is 24.3 Å². The molecule has 0 bridgehead atoms. The van der Waals surface area contributed by atoms with Crippen LogP contribution in [-0.2, 0) is 0 Å². The van der Waals surface area contributed by atoms with Crippen LogP contribution in [0.1, 0.15) is 89.5 Å². The van der Waals surface area contributed by atoms with E-state index in [4.69, 9.17) is 0 Å². The average Bonchev–Trinajstić information content (AvgIpc) is 2.79. The minimum atomic E-state index is -5.16. The summed E-state index contributed by atoms with van der Waals surface area (Å²) in [5, 5.41) is 0. The molecule has 0 saturated heterocycles. The number of rotatable bonds is 7. The lowest BCUT2D eigenvalue weighted by Gasteiger charge is -2.31. The number of hydrogen-bond acceptors (Lipinski definition) is 1. The summed E-state index contributed by atoms with van der Waals surface area (Å²) in [6.45, 7) is 2.28. The van der Waals surface area contributed by atoms with Crippen LogP contribution in [0.4, 0.5) is 22.0 Å². The van der Waals surface area contributed by atoms with Gasteiger partial charge in [0.25, 0.3) is 0 Å². The molecule has 0 amide bonds. The molecule has 0 spiro atoms. The summed E-state index contributed by atoms with van der Waals surface area (Å²) in [5.74, 6) is 4.14. The van der Waals surface area contributed by atoms with Crippen molar-refractivity contribution in [1.82, 2.24) is 0 Å². The van der Waals surface area contributed by atoms with E-state index < -0.39 is 23.7 Å². The third kappa shape index (κ3) is 8.64. The fraction of sp³-hybridized carbons (Fsp3) is 0.643. The summed E-state index contributed by atoms with van der Waals surface area (Å²) >= 11 is 0. The van der Waals surface area contributed by atoms with Gasteiger partial charge in [-0.15, -0.1) is 13.2 Å². The number of allylic oxidation sites excluding steroid dienone is 2. The average molecular weight is 483 g/mol. The Morgan fingerprint density at radius 1 is 0.853 bits per heavy atom. The van der Waals surface area contributed by atoms with Crippen molar-refractivity contribution in [2.75, 3.05) is 0 Å². The SMILES string of the molecule is CCC[C@H]1CC[C@H](CC[C@H]2CC[C@H](C=CC#Cc3cc(F)c(OC(F)(F)F)c(F)c3)CC2)CC1. The molecule has 1 nitrogen and oxygen atoms in total. The van der Waals surface area contributed by atoms with E-state index in [1.54, 1.807) is 6.08 Å². The Morgan fingerprint density at radius 3 is 1.85 bits per heavy atom. The highest BCUT2D eigenvalue weighted by Gasteiger charge is 2.34. The van der Waals surface area contributed by atoms with Crippen molar-refractivity contribution in [3.8, 4) is 17.6 Å². The molecule has 188 valence electrons. The first-order valence-corrected chi connectivity index (χ1v) is 12.7. The molecule has 3 rings (SSSR count). The van der Waals surface area contributed by atoms with Gasteiger partial charge in [-0.2, -0.15) is 0 Å². The van der Waals surface area contributed by atoms with Gasteiger partial charge < -0.3 is 4.74 Å². The summed E-state index contributed by atoms with van der Waals surface area (Å²) < 4.78 is 67.6. The number of halogens is 5. The predicted octanol–water partition coefficient (Wildman–Crippen LogP) is 8.96. The van der Waals surface area contributed by atoms with E-state index >= 15 is 0 Å². The molecule has 0 heterocycles. The van der Waals surface area contributed by atoms with Gasteiger partial charge >= 0.3 is 6.36 Å². The Hall–Kier alpha value is -2.03. The summed E-state index contributed by atoms with van der Waals surface area (Å²) in [5.41, 5.74) is -0.0402. The first kappa shape index (κ1) is 26.6. The van der Waals surface area contributed by atoms with E-state index in [1.807, 2.05) is 6.08 Å². The molecule has 2 aliphatic carbocycles. The normalized spacial score (nSPS) is 25.7. The van der Waals surface area contributed by atoms with E-state index in [0.29, 0.717) is 5.92 Å². The molecule has 2 saturated carbocycles. The molecule has 0 aliphatic heterocycles. The third-order valence-corrected chi connectivity index (χ3v) is 7.42. The van der Waals surface area contributed by atoms with Gasteiger partial charge in [-0.05, 0) is 67.6 Å². The zero-order valence-electron chi connectivity index (χ0n) is 19.9. The highest BCUT2D eigenvalue weighted by Crippen LogP contribution is 2.38. The number of alkyl halides is 3. The van der Waals surface area contributed by atoms with Gasteiger partial charge in [-0.3, -0.25) is 0 Å². The van der Waals surface area contributed by atoms with E-state index in [-0.39, 0.29) is 5.56 Å². The second-order valence-electron chi connectivity index (χ2n) is 9.98. The summed E-state index contributed by atoms with van der Waals surface area (Å²) in [6, 6.07) is 1.49. The Labute approximate surface area is 200 Å². The highest BCUT2D eigenvalue weighted by molar-refractivity contribution is 5.42. The molecule has 2 aliphatic rings. The van der Waals surface area contributed by atoms with Crippen molar-refractivity contribution in [3.05, 3.63) is 41.5 Å². The maximum Gasteiger partial charge on any atom is 0.573 e. The van der Waals surface area contributed by atoms with E-state index in [9.17, 15) is 22.0 Å². The van der Waals surface area contributed by atoms with Crippen molar-refractivity contribution in [1.29, 1.82) is 0 Å². The molecule has 0 radical (unpaired) electrons. The van der Waals surface area contributed by atoms with Crippen molar-refractivity contribution in [3.63, 3.8) is 0 Å². The Balaban J connectivity index is 1.39. The molecule has 0 unspecified atom stereocenters. The lowest BCUT2D eigenvalue weighted by atomic mass is 9.75. The minimum absolute atomic E-state index is 0.0402. The van der Waals surface area contributed by atoms with E-state index in [1.165, 1.54) is 64.2 Å². The van der Waals surface area contributed by atoms with Crippen LogP contribution < -0.4 is 4.74 Å². The number of benzene rings is 1. The van der Waals surface area contributed by atoms with Crippen molar-refractivity contribution >= 4 is 0 Å². The second-order valence-corrected chi connectivity index (χ2v) is 9.98. The van der Waals surface area contributed by atoms with Gasteiger partial charge in [0.15, 0.2) is 11.6 Å². The van der Waals surface area contributed by atoms with E-state index in [2.05, 4.69) is 23.5 Å². The molecule has 1 aromatic carbocycles. The van der Waals surface area contributed by atoms with Gasteiger partial charge in [0.05, 0.1) is 0 Å². The van der Waals surface area contributed by atoms with Gasteiger partial charge in [-0.1, -0.05) is 76.2 Å². The Bertz CT molecular complexity index is 840. The lowest BCUT2D eigenvalue weighted by molar-refractivity contribution is -0.276. The van der Waals surface area contributed by atoms with Crippen LogP contribution in [0.5, 0.6) is 5.75 Å². The predicted molar refractivity (Wildman–Crippen MR) is 124 cm³/mol. The molecule has 34 heavy (non-hydrogen) atoms. The van der Waals surface area contributed by atoms with Crippen LogP contribution >= 0.6 is 0 Å². The molecule has 2 fully saturated rings.